The normalized spacial score (nSPS) is 9.95. The highest BCUT2D eigenvalue weighted by Gasteiger charge is 2.05. The Morgan fingerprint density at radius 3 is 2.19 bits per heavy atom. The lowest BCUT2D eigenvalue weighted by molar-refractivity contribution is -0.114. The topological polar surface area (TPSA) is 78.4 Å². The van der Waals surface area contributed by atoms with Crippen molar-refractivity contribution in [2.75, 3.05) is 5.32 Å². The van der Waals surface area contributed by atoms with Crippen LogP contribution in [0.3, 0.4) is 0 Å². The molecule has 2 amide bonds. The van der Waals surface area contributed by atoms with Gasteiger partial charge in [-0.1, -0.05) is 12.1 Å². The van der Waals surface area contributed by atoms with Crippen LogP contribution in [0.4, 0.5) is 5.69 Å². The highest BCUT2D eigenvalue weighted by Crippen LogP contribution is 2.11. The van der Waals surface area contributed by atoms with E-state index in [2.05, 4.69) is 10.6 Å². The Labute approximate surface area is 122 Å². The molecule has 0 radical (unpaired) electrons. The van der Waals surface area contributed by atoms with Gasteiger partial charge in [0, 0.05) is 24.7 Å². The van der Waals surface area contributed by atoms with Crippen LogP contribution < -0.4 is 10.6 Å². The van der Waals surface area contributed by atoms with E-state index in [9.17, 15) is 14.7 Å². The Morgan fingerprint density at radius 2 is 1.62 bits per heavy atom. The summed E-state index contributed by atoms with van der Waals surface area (Å²) in [5, 5.41) is 14.6. The Hall–Kier alpha value is -2.82. The average Bonchev–Trinajstić information content (AvgIpc) is 2.46. The third-order valence-electron chi connectivity index (χ3n) is 2.86. The van der Waals surface area contributed by atoms with Gasteiger partial charge in [-0.15, -0.1) is 0 Å². The number of benzene rings is 2. The number of hydrogen-bond donors (Lipinski definition) is 3. The zero-order chi connectivity index (χ0) is 15.2. The summed E-state index contributed by atoms with van der Waals surface area (Å²) in [5.74, 6) is -0.157. The summed E-state index contributed by atoms with van der Waals surface area (Å²) in [7, 11) is 0. The van der Waals surface area contributed by atoms with Crippen LogP contribution in [0.25, 0.3) is 0 Å². The number of hydrogen-bond acceptors (Lipinski definition) is 3. The first-order valence-electron chi connectivity index (χ1n) is 6.48. The number of amides is 2. The standard InChI is InChI=1S/C16H16N2O3/c1-11(19)18-14-6-4-13(5-7-14)16(21)17-10-12-2-8-15(20)9-3-12/h2-9,20H,10H2,1H3,(H,17,21)(H,18,19). The van der Waals surface area contributed by atoms with E-state index in [1.54, 1.807) is 48.5 Å². The van der Waals surface area contributed by atoms with E-state index >= 15 is 0 Å². The molecule has 0 aliphatic heterocycles. The molecular weight excluding hydrogens is 268 g/mol. The molecule has 0 bridgehead atoms. The van der Waals surface area contributed by atoms with Crippen molar-refractivity contribution in [1.82, 2.24) is 5.32 Å². The fourth-order valence-electron chi connectivity index (χ4n) is 1.81. The molecule has 0 spiro atoms. The van der Waals surface area contributed by atoms with Crippen molar-refractivity contribution in [1.29, 1.82) is 0 Å². The van der Waals surface area contributed by atoms with Gasteiger partial charge in [0.2, 0.25) is 5.91 Å². The lowest BCUT2D eigenvalue weighted by Gasteiger charge is -2.07. The molecule has 3 N–H and O–H groups in total. The molecule has 0 unspecified atom stereocenters. The van der Waals surface area contributed by atoms with Gasteiger partial charge in [0.05, 0.1) is 0 Å². The number of aromatic hydroxyl groups is 1. The van der Waals surface area contributed by atoms with E-state index in [1.165, 1.54) is 6.92 Å². The van der Waals surface area contributed by atoms with Gasteiger partial charge < -0.3 is 15.7 Å². The highest BCUT2D eigenvalue weighted by molar-refractivity contribution is 5.95. The minimum absolute atomic E-state index is 0.153. The van der Waals surface area contributed by atoms with Gasteiger partial charge in [0.15, 0.2) is 0 Å². The molecule has 2 aromatic carbocycles. The first kappa shape index (κ1) is 14.6. The summed E-state index contributed by atoms with van der Waals surface area (Å²) in [4.78, 5) is 22.9. The predicted octanol–water partition coefficient (Wildman–Crippen LogP) is 2.28. The smallest absolute Gasteiger partial charge is 0.251 e. The summed E-state index contributed by atoms with van der Waals surface area (Å²) in [5.41, 5.74) is 2.07. The van der Waals surface area contributed by atoms with Crippen LogP contribution in [0.15, 0.2) is 48.5 Å². The van der Waals surface area contributed by atoms with Gasteiger partial charge in [-0.3, -0.25) is 9.59 Å². The van der Waals surface area contributed by atoms with Crippen molar-refractivity contribution in [2.24, 2.45) is 0 Å². The maximum absolute atomic E-state index is 12.0. The molecule has 0 heterocycles. The van der Waals surface area contributed by atoms with Crippen molar-refractivity contribution >= 4 is 17.5 Å². The maximum atomic E-state index is 12.0. The highest BCUT2D eigenvalue weighted by atomic mass is 16.3. The Morgan fingerprint density at radius 1 is 1.00 bits per heavy atom. The van der Waals surface area contributed by atoms with Crippen LogP contribution >= 0.6 is 0 Å². The summed E-state index contributed by atoms with van der Waals surface area (Å²) in [6.07, 6.45) is 0. The molecule has 0 saturated heterocycles. The summed E-state index contributed by atoms with van der Waals surface area (Å²) in [6.45, 7) is 1.81. The molecule has 0 aliphatic rings. The average molecular weight is 284 g/mol. The zero-order valence-corrected chi connectivity index (χ0v) is 11.6. The van der Waals surface area contributed by atoms with Gasteiger partial charge in [-0.25, -0.2) is 0 Å². The fourth-order valence-corrected chi connectivity index (χ4v) is 1.81. The van der Waals surface area contributed by atoms with E-state index in [-0.39, 0.29) is 17.6 Å². The summed E-state index contributed by atoms with van der Waals surface area (Å²) >= 11 is 0. The second kappa shape index (κ2) is 6.56. The first-order chi connectivity index (χ1) is 10.0. The van der Waals surface area contributed by atoms with E-state index in [1.807, 2.05) is 0 Å². The largest absolute Gasteiger partial charge is 0.508 e. The van der Waals surface area contributed by atoms with Crippen LogP contribution in [-0.4, -0.2) is 16.9 Å². The molecule has 21 heavy (non-hydrogen) atoms. The molecule has 0 atom stereocenters. The van der Waals surface area contributed by atoms with Gasteiger partial charge in [-0.05, 0) is 42.0 Å². The molecule has 108 valence electrons. The monoisotopic (exact) mass is 284 g/mol. The second-order valence-electron chi connectivity index (χ2n) is 4.61. The molecule has 0 fully saturated rings. The Bertz CT molecular complexity index is 634. The number of phenolic OH excluding ortho intramolecular Hbond substituents is 1. The first-order valence-corrected chi connectivity index (χ1v) is 6.48. The van der Waals surface area contributed by atoms with E-state index < -0.39 is 0 Å². The third kappa shape index (κ3) is 4.35. The predicted molar refractivity (Wildman–Crippen MR) is 80.0 cm³/mol. The van der Waals surface area contributed by atoms with E-state index in [4.69, 9.17) is 0 Å². The van der Waals surface area contributed by atoms with Gasteiger partial charge in [0.25, 0.3) is 5.91 Å². The number of phenols is 1. The zero-order valence-electron chi connectivity index (χ0n) is 11.6. The molecule has 2 rings (SSSR count). The van der Waals surface area contributed by atoms with Crippen LogP contribution in [0.2, 0.25) is 0 Å². The summed E-state index contributed by atoms with van der Waals surface area (Å²) in [6, 6.07) is 13.3. The Kier molecular flexibility index (Phi) is 4.56. The minimum Gasteiger partial charge on any atom is -0.508 e. The van der Waals surface area contributed by atoms with E-state index in [0.717, 1.165) is 5.56 Å². The minimum atomic E-state index is -0.197. The second-order valence-corrected chi connectivity index (χ2v) is 4.61. The molecule has 0 aliphatic carbocycles. The molecule has 5 heteroatoms. The van der Waals surface area contributed by atoms with Crippen molar-refractivity contribution in [3.8, 4) is 5.75 Å². The van der Waals surface area contributed by atoms with Crippen molar-refractivity contribution in [3.05, 3.63) is 59.7 Å². The van der Waals surface area contributed by atoms with Gasteiger partial charge in [-0.2, -0.15) is 0 Å². The van der Waals surface area contributed by atoms with Gasteiger partial charge >= 0.3 is 0 Å². The number of carbonyl (C=O) groups is 2. The molecular formula is C16H16N2O3. The molecule has 0 saturated carbocycles. The lowest BCUT2D eigenvalue weighted by atomic mass is 10.1. The fraction of sp³-hybridized carbons (Fsp3) is 0.125. The number of rotatable bonds is 4. The Balaban J connectivity index is 1.93. The van der Waals surface area contributed by atoms with Crippen LogP contribution in [0, 0.1) is 0 Å². The van der Waals surface area contributed by atoms with E-state index in [0.29, 0.717) is 17.8 Å². The van der Waals surface area contributed by atoms with Gasteiger partial charge in [0.1, 0.15) is 5.75 Å². The molecule has 2 aromatic rings. The van der Waals surface area contributed by atoms with Crippen LogP contribution in [0.1, 0.15) is 22.8 Å². The SMILES string of the molecule is CC(=O)Nc1ccc(C(=O)NCc2ccc(O)cc2)cc1. The number of nitrogens with one attached hydrogen (secondary N) is 2. The molecule has 5 nitrogen and oxygen atoms in total. The van der Waals surface area contributed by atoms with Crippen LogP contribution in [-0.2, 0) is 11.3 Å². The van der Waals surface area contributed by atoms with Crippen LogP contribution in [0.5, 0.6) is 5.75 Å². The number of carbonyl (C=O) groups excluding carboxylic acids is 2. The maximum Gasteiger partial charge on any atom is 0.251 e. The third-order valence-corrected chi connectivity index (χ3v) is 2.86. The quantitative estimate of drug-likeness (QED) is 0.806. The molecule has 0 aromatic heterocycles. The van der Waals surface area contributed by atoms with Crippen molar-refractivity contribution in [2.45, 2.75) is 13.5 Å². The number of anilines is 1. The van der Waals surface area contributed by atoms with Crippen molar-refractivity contribution in [3.63, 3.8) is 0 Å². The lowest BCUT2D eigenvalue weighted by Crippen LogP contribution is -2.22. The summed E-state index contributed by atoms with van der Waals surface area (Å²) < 4.78 is 0. The van der Waals surface area contributed by atoms with Crippen molar-refractivity contribution < 1.29 is 14.7 Å².